The van der Waals surface area contributed by atoms with Crippen molar-refractivity contribution in [1.82, 2.24) is 5.32 Å². The molecule has 0 rings (SSSR count). The van der Waals surface area contributed by atoms with Crippen molar-refractivity contribution in [3.63, 3.8) is 0 Å². The molecule has 4 nitrogen and oxygen atoms in total. The van der Waals surface area contributed by atoms with Gasteiger partial charge in [0, 0.05) is 13.2 Å². The van der Waals surface area contributed by atoms with Gasteiger partial charge in [0.15, 0.2) is 0 Å². The van der Waals surface area contributed by atoms with Crippen molar-refractivity contribution in [3.05, 3.63) is 0 Å². The number of aliphatic hydroxyl groups excluding tert-OH is 1. The molecular weight excluding hydrogens is 145 g/mol. The third-order valence-corrected chi connectivity index (χ3v) is 0.781. The van der Waals surface area contributed by atoms with Gasteiger partial charge in [0.05, 0.1) is 5.97 Å². The average molecular weight is 155 g/mol. The molecular formula is C5H10NNaO3. The predicted octanol–water partition coefficient (Wildman–Crippen LogP) is -5.29. The summed E-state index contributed by atoms with van der Waals surface area (Å²) in [4.78, 5) is 9.73. The first-order valence-electron chi connectivity index (χ1n) is 2.79. The van der Waals surface area contributed by atoms with Crippen molar-refractivity contribution < 1.29 is 44.6 Å². The largest absolute Gasteiger partial charge is 1.00 e. The molecule has 0 saturated heterocycles. The summed E-state index contributed by atoms with van der Waals surface area (Å²) in [6.07, 6.45) is 0.577. The van der Waals surface area contributed by atoms with Crippen LogP contribution in [0.3, 0.4) is 0 Å². The molecule has 0 radical (unpaired) electrons. The Morgan fingerprint density at radius 3 is 2.60 bits per heavy atom. The maximum atomic E-state index is 9.73. The van der Waals surface area contributed by atoms with Crippen LogP contribution in [0.4, 0.5) is 0 Å². The summed E-state index contributed by atoms with van der Waals surface area (Å²) in [7, 11) is 0. The number of carboxylic acids is 1. The van der Waals surface area contributed by atoms with Crippen molar-refractivity contribution in [1.29, 1.82) is 0 Å². The van der Waals surface area contributed by atoms with Gasteiger partial charge in [-0.25, -0.2) is 0 Å². The van der Waals surface area contributed by atoms with Gasteiger partial charge in [-0.3, -0.25) is 0 Å². The Labute approximate surface area is 81.9 Å². The van der Waals surface area contributed by atoms with Crippen molar-refractivity contribution >= 4 is 5.97 Å². The minimum Gasteiger partial charge on any atom is -0.549 e. The second-order valence-corrected chi connectivity index (χ2v) is 1.63. The quantitative estimate of drug-likeness (QED) is 0.307. The van der Waals surface area contributed by atoms with Gasteiger partial charge in [0.2, 0.25) is 0 Å². The second kappa shape index (κ2) is 9.39. The molecule has 0 spiro atoms. The van der Waals surface area contributed by atoms with Crippen molar-refractivity contribution in [3.8, 4) is 0 Å². The van der Waals surface area contributed by atoms with E-state index < -0.39 is 5.97 Å². The molecule has 0 amide bonds. The van der Waals surface area contributed by atoms with Crippen molar-refractivity contribution in [2.75, 3.05) is 19.7 Å². The van der Waals surface area contributed by atoms with E-state index in [1.165, 1.54) is 0 Å². The molecule has 0 aromatic rings. The molecule has 0 aliphatic carbocycles. The number of carbonyl (C=O) groups is 1. The summed E-state index contributed by atoms with van der Waals surface area (Å²) in [5, 5.41) is 20.5. The van der Waals surface area contributed by atoms with Gasteiger partial charge in [-0.05, 0) is 13.0 Å². The topological polar surface area (TPSA) is 72.4 Å². The van der Waals surface area contributed by atoms with Crippen LogP contribution in [0.5, 0.6) is 0 Å². The van der Waals surface area contributed by atoms with Crippen LogP contribution in [0.15, 0.2) is 0 Å². The molecule has 0 atom stereocenters. The number of nitrogens with one attached hydrogen (secondary N) is 1. The fourth-order valence-electron chi connectivity index (χ4n) is 0.395. The van der Waals surface area contributed by atoms with Crippen LogP contribution in [-0.4, -0.2) is 30.8 Å². The van der Waals surface area contributed by atoms with E-state index >= 15 is 0 Å². The maximum absolute atomic E-state index is 9.73. The molecule has 0 saturated carbocycles. The molecule has 10 heavy (non-hydrogen) atoms. The molecule has 0 fully saturated rings. The molecule has 2 N–H and O–H groups in total. The molecule has 5 heteroatoms. The smallest absolute Gasteiger partial charge is 0.549 e. The van der Waals surface area contributed by atoms with E-state index in [-0.39, 0.29) is 42.7 Å². The van der Waals surface area contributed by atoms with Gasteiger partial charge >= 0.3 is 29.6 Å². The van der Waals surface area contributed by atoms with E-state index in [4.69, 9.17) is 5.11 Å². The molecule has 0 aliphatic rings. The Morgan fingerprint density at radius 1 is 1.60 bits per heavy atom. The molecule has 54 valence electrons. The number of hydrogen-bond donors (Lipinski definition) is 2. The molecule has 0 heterocycles. The molecule has 0 aromatic carbocycles. The fourth-order valence-corrected chi connectivity index (χ4v) is 0.395. The first-order chi connectivity index (χ1) is 4.27. The summed E-state index contributed by atoms with van der Waals surface area (Å²) in [6.45, 7) is 0.463. The summed E-state index contributed by atoms with van der Waals surface area (Å²) in [5.41, 5.74) is 0. The zero-order valence-corrected chi connectivity index (χ0v) is 8.09. The van der Waals surface area contributed by atoms with E-state index in [2.05, 4.69) is 5.32 Å². The first kappa shape index (κ1) is 13.0. The second-order valence-electron chi connectivity index (χ2n) is 1.63. The normalized spacial score (nSPS) is 8.50. The van der Waals surface area contributed by atoms with Crippen LogP contribution in [0, 0.1) is 0 Å². The zero-order valence-electron chi connectivity index (χ0n) is 6.09. The first-order valence-corrected chi connectivity index (χ1v) is 2.79. The summed E-state index contributed by atoms with van der Waals surface area (Å²) in [5.74, 6) is -1.12. The Morgan fingerprint density at radius 2 is 2.20 bits per heavy atom. The SMILES string of the molecule is O=C([O-])CNCCCO.[Na+]. The number of aliphatic carboxylic acids is 1. The zero-order chi connectivity index (χ0) is 7.11. The van der Waals surface area contributed by atoms with Crippen LogP contribution < -0.4 is 40.0 Å². The number of rotatable bonds is 5. The van der Waals surface area contributed by atoms with Gasteiger partial charge in [0.25, 0.3) is 0 Å². The van der Waals surface area contributed by atoms with Crippen LogP contribution >= 0.6 is 0 Å². The van der Waals surface area contributed by atoms with E-state index in [0.29, 0.717) is 13.0 Å². The molecule has 0 aliphatic heterocycles. The predicted molar refractivity (Wildman–Crippen MR) is 29.6 cm³/mol. The van der Waals surface area contributed by atoms with Gasteiger partial charge in [-0.15, -0.1) is 0 Å². The van der Waals surface area contributed by atoms with Gasteiger partial charge < -0.3 is 20.3 Å². The summed E-state index contributed by atoms with van der Waals surface area (Å²) < 4.78 is 0. The van der Waals surface area contributed by atoms with E-state index in [0.717, 1.165) is 0 Å². The number of aliphatic hydroxyl groups is 1. The van der Waals surface area contributed by atoms with E-state index in [1.54, 1.807) is 0 Å². The van der Waals surface area contributed by atoms with Gasteiger partial charge in [-0.1, -0.05) is 0 Å². The third-order valence-electron chi connectivity index (χ3n) is 0.781. The van der Waals surface area contributed by atoms with Gasteiger partial charge in [-0.2, -0.15) is 0 Å². The third kappa shape index (κ3) is 11.2. The summed E-state index contributed by atoms with van der Waals surface area (Å²) in [6, 6.07) is 0. The van der Waals surface area contributed by atoms with Crippen molar-refractivity contribution in [2.24, 2.45) is 0 Å². The summed E-state index contributed by atoms with van der Waals surface area (Å²) >= 11 is 0. The van der Waals surface area contributed by atoms with Crippen molar-refractivity contribution in [2.45, 2.75) is 6.42 Å². The Bertz CT molecular complexity index is 89.0. The Hall–Kier alpha value is 0.390. The minimum absolute atomic E-state index is 0. The monoisotopic (exact) mass is 155 g/mol. The minimum atomic E-state index is -1.12. The standard InChI is InChI=1S/C5H11NO3.Na/c7-3-1-2-6-4-5(8)9;/h6-7H,1-4H2,(H,8,9);/q;+1/p-1. The van der Waals surface area contributed by atoms with E-state index in [1.807, 2.05) is 0 Å². The Kier molecular flexibility index (Phi) is 12.2. The average Bonchev–Trinajstić information content (AvgIpc) is 1.80. The number of carbonyl (C=O) groups excluding carboxylic acids is 1. The molecule has 0 unspecified atom stereocenters. The van der Waals surface area contributed by atoms with E-state index in [9.17, 15) is 9.90 Å². The molecule has 0 bridgehead atoms. The van der Waals surface area contributed by atoms with Crippen LogP contribution in [0.2, 0.25) is 0 Å². The van der Waals surface area contributed by atoms with Crippen LogP contribution in [0.1, 0.15) is 6.42 Å². The maximum Gasteiger partial charge on any atom is 1.00 e. The fraction of sp³-hybridized carbons (Fsp3) is 0.800. The number of hydrogen-bond acceptors (Lipinski definition) is 4. The number of carboxylic acid groups (broad SMARTS) is 1. The Balaban J connectivity index is 0. The van der Waals surface area contributed by atoms with Gasteiger partial charge in [0.1, 0.15) is 0 Å². The molecule has 0 aromatic heterocycles. The van der Waals surface area contributed by atoms with Crippen LogP contribution in [0.25, 0.3) is 0 Å². The van der Waals surface area contributed by atoms with Crippen LogP contribution in [-0.2, 0) is 4.79 Å².